The third-order valence-corrected chi connectivity index (χ3v) is 5.91. The molecule has 0 radical (unpaired) electrons. The Kier molecular flexibility index (Phi) is 5.33. The van der Waals surface area contributed by atoms with Crippen LogP contribution in [0.25, 0.3) is 11.1 Å². The van der Waals surface area contributed by atoms with Gasteiger partial charge >= 0.3 is 6.09 Å². The Morgan fingerprint density at radius 2 is 1.77 bits per heavy atom. The summed E-state index contributed by atoms with van der Waals surface area (Å²) in [5.41, 5.74) is 8.43. The predicted molar refractivity (Wildman–Crippen MR) is 123 cm³/mol. The van der Waals surface area contributed by atoms with Crippen LogP contribution in [0.5, 0.6) is 0 Å². The van der Waals surface area contributed by atoms with Crippen molar-refractivity contribution >= 4 is 11.8 Å². The van der Waals surface area contributed by atoms with Crippen molar-refractivity contribution in [3.63, 3.8) is 0 Å². The van der Waals surface area contributed by atoms with Crippen molar-refractivity contribution in [1.82, 2.24) is 5.32 Å². The van der Waals surface area contributed by atoms with Crippen LogP contribution in [0, 0.1) is 11.8 Å². The molecule has 4 nitrogen and oxygen atoms in total. The second kappa shape index (κ2) is 8.57. The van der Waals surface area contributed by atoms with E-state index in [1.54, 1.807) is 0 Å². The summed E-state index contributed by atoms with van der Waals surface area (Å²) in [5, 5.41) is 6.16. The maximum absolute atomic E-state index is 12.2. The van der Waals surface area contributed by atoms with Crippen LogP contribution >= 0.6 is 0 Å². The smallest absolute Gasteiger partial charge is 0.407 e. The maximum Gasteiger partial charge on any atom is 0.407 e. The van der Waals surface area contributed by atoms with Gasteiger partial charge in [0, 0.05) is 36.7 Å². The fourth-order valence-corrected chi connectivity index (χ4v) is 4.42. The molecule has 4 heteroatoms. The number of hydrogen-bond acceptors (Lipinski definition) is 3. The van der Waals surface area contributed by atoms with Gasteiger partial charge in [0.1, 0.15) is 6.61 Å². The van der Waals surface area contributed by atoms with Gasteiger partial charge in [-0.05, 0) is 52.4 Å². The second-order valence-electron chi connectivity index (χ2n) is 7.85. The predicted octanol–water partition coefficient (Wildman–Crippen LogP) is 4.93. The summed E-state index contributed by atoms with van der Waals surface area (Å²) in [6.45, 7) is 1.79. The van der Waals surface area contributed by atoms with E-state index in [1.165, 1.54) is 33.5 Å². The van der Waals surface area contributed by atoms with Crippen molar-refractivity contribution in [2.75, 3.05) is 25.0 Å². The fraction of sp³-hybridized carbons (Fsp3) is 0.222. The lowest BCUT2D eigenvalue weighted by Gasteiger charge is -2.14. The first-order chi connectivity index (χ1) is 15.3. The van der Waals surface area contributed by atoms with Gasteiger partial charge < -0.3 is 15.4 Å². The summed E-state index contributed by atoms with van der Waals surface area (Å²) in [5.74, 6) is 6.38. The number of carbonyl (C=O) groups excluding carboxylic acids is 1. The minimum atomic E-state index is -0.396. The normalized spacial score (nSPS) is 13.3. The molecule has 0 atom stereocenters. The van der Waals surface area contributed by atoms with Crippen LogP contribution in [0.1, 0.15) is 34.6 Å². The minimum Gasteiger partial charge on any atom is -0.449 e. The Balaban J connectivity index is 1.12. The zero-order valence-corrected chi connectivity index (χ0v) is 17.3. The second-order valence-corrected chi connectivity index (χ2v) is 7.85. The average Bonchev–Trinajstić information content (AvgIpc) is 3.40. The van der Waals surface area contributed by atoms with Crippen molar-refractivity contribution in [2.45, 2.75) is 18.8 Å². The molecule has 0 fully saturated rings. The van der Waals surface area contributed by atoms with Crippen molar-refractivity contribution in [3.8, 4) is 23.0 Å². The molecule has 5 rings (SSSR count). The highest BCUT2D eigenvalue weighted by Crippen LogP contribution is 2.44. The number of nitrogens with one attached hydrogen (secondary N) is 2. The van der Waals surface area contributed by atoms with Crippen LogP contribution in [-0.2, 0) is 11.2 Å². The van der Waals surface area contributed by atoms with Crippen LogP contribution in [-0.4, -0.2) is 25.8 Å². The van der Waals surface area contributed by atoms with E-state index in [-0.39, 0.29) is 5.92 Å². The molecule has 0 saturated carbocycles. The van der Waals surface area contributed by atoms with Crippen molar-refractivity contribution in [1.29, 1.82) is 0 Å². The van der Waals surface area contributed by atoms with E-state index in [4.69, 9.17) is 4.74 Å². The van der Waals surface area contributed by atoms with E-state index in [0.717, 1.165) is 18.5 Å². The molecule has 3 aromatic carbocycles. The number of hydrogen-bond donors (Lipinski definition) is 2. The van der Waals surface area contributed by atoms with Gasteiger partial charge in [-0.2, -0.15) is 0 Å². The molecule has 0 aromatic heterocycles. The minimum absolute atomic E-state index is 0.0761. The number of alkyl carbamates (subject to hydrolysis) is 1. The fourth-order valence-electron chi connectivity index (χ4n) is 4.42. The highest BCUT2D eigenvalue weighted by Gasteiger charge is 2.28. The number of fused-ring (bicyclic) bond motifs is 4. The molecule has 154 valence electrons. The summed E-state index contributed by atoms with van der Waals surface area (Å²) in [7, 11) is 0. The molecule has 0 spiro atoms. The van der Waals surface area contributed by atoms with Crippen molar-refractivity contribution < 1.29 is 9.53 Å². The third-order valence-electron chi connectivity index (χ3n) is 5.91. The summed E-state index contributed by atoms with van der Waals surface area (Å²) in [6, 6.07) is 22.9. The number of rotatable bonds is 4. The van der Waals surface area contributed by atoms with Crippen molar-refractivity contribution in [2.24, 2.45) is 0 Å². The Hall–Kier alpha value is -3.71. The maximum atomic E-state index is 12.2. The quantitative estimate of drug-likeness (QED) is 0.475. The molecule has 1 aliphatic heterocycles. The number of benzene rings is 3. The molecular weight excluding hydrogens is 384 g/mol. The Labute approximate surface area is 182 Å². The molecule has 2 aliphatic rings. The van der Waals surface area contributed by atoms with Crippen LogP contribution in [0.3, 0.4) is 0 Å². The zero-order chi connectivity index (χ0) is 21.0. The van der Waals surface area contributed by atoms with E-state index in [2.05, 4.69) is 58.9 Å². The molecule has 0 bridgehead atoms. The first-order valence-corrected chi connectivity index (χ1v) is 10.7. The number of ether oxygens (including phenoxy) is 1. The third kappa shape index (κ3) is 4.00. The Morgan fingerprint density at radius 1 is 1.03 bits per heavy atom. The largest absolute Gasteiger partial charge is 0.449 e. The van der Waals surface area contributed by atoms with E-state index in [1.807, 2.05) is 30.3 Å². The molecule has 3 aromatic rings. The topological polar surface area (TPSA) is 50.4 Å². The summed E-state index contributed by atoms with van der Waals surface area (Å²) in [6.07, 6.45) is 1.24. The van der Waals surface area contributed by atoms with Crippen LogP contribution in [0.4, 0.5) is 10.5 Å². The lowest BCUT2D eigenvalue weighted by Crippen LogP contribution is -2.26. The summed E-state index contributed by atoms with van der Waals surface area (Å²) >= 11 is 0. The SMILES string of the molecule is O=C(NCCC#Cc1ccc2c(c1)CCN2)OCC1c2ccccc2-c2ccccc21. The van der Waals surface area contributed by atoms with Gasteiger partial charge in [-0.1, -0.05) is 60.4 Å². The molecule has 1 aliphatic carbocycles. The monoisotopic (exact) mass is 408 g/mol. The zero-order valence-electron chi connectivity index (χ0n) is 17.3. The molecular formula is C27H24N2O2. The lowest BCUT2D eigenvalue weighted by atomic mass is 9.98. The van der Waals surface area contributed by atoms with Gasteiger partial charge in [0.15, 0.2) is 0 Å². The average molecular weight is 409 g/mol. The molecule has 0 unspecified atom stereocenters. The van der Waals surface area contributed by atoms with Gasteiger partial charge in [0.25, 0.3) is 0 Å². The van der Waals surface area contributed by atoms with Gasteiger partial charge in [-0.25, -0.2) is 4.79 Å². The highest BCUT2D eigenvalue weighted by molar-refractivity contribution is 5.79. The molecule has 31 heavy (non-hydrogen) atoms. The van der Waals surface area contributed by atoms with Gasteiger partial charge in [-0.15, -0.1) is 0 Å². The van der Waals surface area contributed by atoms with Crippen LogP contribution < -0.4 is 10.6 Å². The van der Waals surface area contributed by atoms with Gasteiger partial charge in [0.2, 0.25) is 0 Å². The van der Waals surface area contributed by atoms with E-state index in [0.29, 0.717) is 19.6 Å². The molecule has 1 amide bonds. The molecule has 2 N–H and O–H groups in total. The standard InChI is InChI=1S/C27H24N2O2/c30-27(29-15-6-5-7-19-12-13-26-20(17-19)14-16-28-26)31-18-25-23-10-3-1-8-21(23)22-9-2-4-11-24(22)25/h1-4,8-13,17,25,28H,6,14-16,18H2,(H,29,30). The molecule has 1 heterocycles. The summed E-state index contributed by atoms with van der Waals surface area (Å²) < 4.78 is 5.55. The lowest BCUT2D eigenvalue weighted by molar-refractivity contribution is 0.143. The van der Waals surface area contributed by atoms with Gasteiger partial charge in [-0.3, -0.25) is 0 Å². The van der Waals surface area contributed by atoms with Crippen molar-refractivity contribution in [3.05, 3.63) is 89.0 Å². The van der Waals surface area contributed by atoms with Crippen LogP contribution in [0.2, 0.25) is 0 Å². The van der Waals surface area contributed by atoms with E-state index in [9.17, 15) is 4.79 Å². The number of carbonyl (C=O) groups is 1. The molecule has 0 saturated heterocycles. The van der Waals surface area contributed by atoms with Gasteiger partial charge in [0.05, 0.1) is 0 Å². The highest BCUT2D eigenvalue weighted by atomic mass is 16.5. The number of anilines is 1. The summed E-state index contributed by atoms with van der Waals surface area (Å²) in [4.78, 5) is 12.2. The first-order valence-electron chi connectivity index (χ1n) is 10.7. The Morgan fingerprint density at radius 3 is 2.55 bits per heavy atom. The van der Waals surface area contributed by atoms with Crippen LogP contribution in [0.15, 0.2) is 66.7 Å². The van der Waals surface area contributed by atoms with E-state index < -0.39 is 6.09 Å². The Bertz CT molecular complexity index is 1140. The van der Waals surface area contributed by atoms with E-state index >= 15 is 0 Å². The first kappa shape index (κ1) is 19.3. The number of amides is 1.